The maximum absolute atomic E-state index is 12.2. The van der Waals surface area contributed by atoms with Crippen LogP contribution >= 0.6 is 11.6 Å². The van der Waals surface area contributed by atoms with Crippen LogP contribution in [0.3, 0.4) is 0 Å². The van der Waals surface area contributed by atoms with Gasteiger partial charge in [0.1, 0.15) is 4.90 Å². The number of sulfonamides is 1. The fourth-order valence-electron chi connectivity index (χ4n) is 2.42. The van der Waals surface area contributed by atoms with Crippen LogP contribution in [0.5, 0.6) is 5.88 Å². The van der Waals surface area contributed by atoms with E-state index in [1.165, 1.54) is 25.0 Å². The van der Waals surface area contributed by atoms with E-state index in [4.69, 9.17) is 16.3 Å². The van der Waals surface area contributed by atoms with Crippen molar-refractivity contribution in [2.75, 3.05) is 13.2 Å². The molecule has 1 aromatic heterocycles. The highest BCUT2D eigenvalue weighted by atomic mass is 35.5. The Labute approximate surface area is 169 Å². The van der Waals surface area contributed by atoms with Crippen molar-refractivity contribution in [1.29, 1.82) is 0 Å². The first kappa shape index (κ1) is 20.6. The predicted molar refractivity (Wildman–Crippen MR) is 106 cm³/mol. The molecule has 0 radical (unpaired) electrons. The molecule has 7 nitrogen and oxygen atoms in total. The molecule has 0 atom stereocenters. The van der Waals surface area contributed by atoms with Gasteiger partial charge in [-0.1, -0.05) is 29.8 Å². The second kappa shape index (κ2) is 9.36. The molecule has 2 aromatic rings. The molecule has 1 amide bonds. The fourth-order valence-corrected chi connectivity index (χ4v) is 3.97. The van der Waals surface area contributed by atoms with Crippen LogP contribution in [0.25, 0.3) is 0 Å². The van der Waals surface area contributed by atoms with Crippen molar-refractivity contribution in [2.45, 2.75) is 30.7 Å². The number of carbonyl (C=O) groups is 1. The van der Waals surface area contributed by atoms with Gasteiger partial charge >= 0.3 is 0 Å². The van der Waals surface area contributed by atoms with Gasteiger partial charge in [0.05, 0.1) is 11.6 Å². The van der Waals surface area contributed by atoms with Crippen molar-refractivity contribution in [3.63, 3.8) is 0 Å². The van der Waals surface area contributed by atoms with Gasteiger partial charge in [-0.2, -0.15) is 0 Å². The molecule has 0 bridgehead atoms. The molecule has 1 saturated carbocycles. The number of ether oxygens (including phenoxy) is 1. The van der Waals surface area contributed by atoms with Gasteiger partial charge < -0.3 is 10.1 Å². The highest BCUT2D eigenvalue weighted by Gasteiger charge is 2.22. The van der Waals surface area contributed by atoms with Crippen LogP contribution in [0.4, 0.5) is 0 Å². The average molecular weight is 424 g/mol. The van der Waals surface area contributed by atoms with Crippen LogP contribution in [0.15, 0.2) is 47.5 Å². The lowest BCUT2D eigenvalue weighted by molar-refractivity contribution is -0.121. The summed E-state index contributed by atoms with van der Waals surface area (Å²) in [5, 5.41) is 2.87. The summed E-state index contributed by atoms with van der Waals surface area (Å²) in [5.41, 5.74) is 0.837. The van der Waals surface area contributed by atoms with Crippen LogP contribution in [0.1, 0.15) is 24.8 Å². The maximum Gasteiger partial charge on any atom is 0.242 e. The van der Waals surface area contributed by atoms with Crippen molar-refractivity contribution in [2.24, 2.45) is 5.92 Å². The molecular formula is C19H22ClN3O4S. The minimum atomic E-state index is -3.75. The molecule has 0 aliphatic heterocycles. The minimum Gasteiger partial charge on any atom is -0.477 e. The lowest BCUT2D eigenvalue weighted by Gasteiger charge is -2.09. The van der Waals surface area contributed by atoms with E-state index < -0.39 is 10.0 Å². The monoisotopic (exact) mass is 423 g/mol. The number of nitrogens with zero attached hydrogens (tertiary/aromatic N) is 1. The fraction of sp³-hybridized carbons (Fsp3) is 0.368. The van der Waals surface area contributed by atoms with E-state index in [1.807, 2.05) is 6.07 Å². The van der Waals surface area contributed by atoms with E-state index in [-0.39, 0.29) is 28.8 Å². The number of hydrogen-bond acceptors (Lipinski definition) is 5. The van der Waals surface area contributed by atoms with Gasteiger partial charge in [0.2, 0.25) is 21.8 Å². The van der Waals surface area contributed by atoms with Crippen molar-refractivity contribution in [1.82, 2.24) is 15.0 Å². The summed E-state index contributed by atoms with van der Waals surface area (Å²) in [4.78, 5) is 16.1. The molecule has 1 heterocycles. The Balaban J connectivity index is 1.39. The minimum absolute atomic E-state index is 0.00727. The van der Waals surface area contributed by atoms with Gasteiger partial charge in [0.25, 0.3) is 0 Å². The predicted octanol–water partition coefficient (Wildman–Crippen LogP) is 2.51. The summed E-state index contributed by atoms with van der Waals surface area (Å²) in [6.45, 7) is 0.991. The van der Waals surface area contributed by atoms with E-state index in [9.17, 15) is 13.2 Å². The van der Waals surface area contributed by atoms with Gasteiger partial charge in [0.15, 0.2) is 0 Å². The van der Waals surface area contributed by atoms with E-state index in [0.717, 1.165) is 5.56 Å². The number of halogens is 1. The molecule has 1 fully saturated rings. The van der Waals surface area contributed by atoms with Crippen LogP contribution in [-0.4, -0.2) is 32.5 Å². The third-order valence-corrected chi connectivity index (χ3v) is 6.18. The van der Waals surface area contributed by atoms with Gasteiger partial charge in [-0.3, -0.25) is 4.79 Å². The lowest BCUT2D eigenvalue weighted by Crippen LogP contribution is -2.30. The molecule has 0 spiro atoms. The van der Waals surface area contributed by atoms with E-state index >= 15 is 0 Å². The Morgan fingerprint density at radius 1 is 1.21 bits per heavy atom. The summed E-state index contributed by atoms with van der Waals surface area (Å²) in [6, 6.07) is 9.77. The number of amides is 1. The SMILES string of the molecule is O=C(CCNS(=O)(=O)c1ccccc1Cl)NCc1ccc(OCC2CC2)nc1. The van der Waals surface area contributed by atoms with E-state index in [1.54, 1.807) is 24.4 Å². The average Bonchev–Trinajstić information content (AvgIpc) is 3.50. The van der Waals surface area contributed by atoms with Crippen LogP contribution in [-0.2, 0) is 21.4 Å². The normalized spacial score (nSPS) is 13.9. The Bertz CT molecular complexity index is 915. The number of rotatable bonds is 10. The molecule has 1 aliphatic carbocycles. The number of nitrogens with one attached hydrogen (secondary N) is 2. The Kier molecular flexibility index (Phi) is 6.88. The van der Waals surface area contributed by atoms with Crippen LogP contribution in [0.2, 0.25) is 5.02 Å². The quantitative estimate of drug-likeness (QED) is 0.612. The number of hydrogen-bond donors (Lipinski definition) is 2. The third-order valence-electron chi connectivity index (χ3n) is 4.22. The Morgan fingerprint density at radius 2 is 2.00 bits per heavy atom. The molecular weight excluding hydrogens is 402 g/mol. The van der Waals surface area contributed by atoms with Crippen LogP contribution in [0, 0.1) is 5.92 Å². The first-order chi connectivity index (χ1) is 13.4. The molecule has 0 saturated heterocycles. The second-order valence-corrected chi connectivity index (χ2v) is 8.76. The van der Waals surface area contributed by atoms with E-state index in [0.29, 0.717) is 24.9 Å². The Morgan fingerprint density at radius 3 is 2.68 bits per heavy atom. The summed E-state index contributed by atoms with van der Waals surface area (Å²) in [5.74, 6) is 0.975. The highest BCUT2D eigenvalue weighted by molar-refractivity contribution is 7.89. The molecule has 1 aliphatic rings. The summed E-state index contributed by atoms with van der Waals surface area (Å²) >= 11 is 5.90. The molecule has 150 valence electrons. The lowest BCUT2D eigenvalue weighted by atomic mass is 10.3. The smallest absolute Gasteiger partial charge is 0.242 e. The number of carbonyl (C=O) groups excluding carboxylic acids is 1. The summed E-state index contributed by atoms with van der Waals surface area (Å²) < 4.78 is 32.3. The number of aromatic nitrogens is 1. The van der Waals surface area contributed by atoms with Crippen LogP contribution < -0.4 is 14.8 Å². The zero-order chi connectivity index (χ0) is 20.0. The van der Waals surface area contributed by atoms with Gasteiger partial charge in [-0.05, 0) is 36.5 Å². The highest BCUT2D eigenvalue weighted by Crippen LogP contribution is 2.29. The van der Waals surface area contributed by atoms with Crippen molar-refractivity contribution in [3.05, 3.63) is 53.2 Å². The third kappa shape index (κ3) is 6.19. The summed E-state index contributed by atoms with van der Waals surface area (Å²) in [6.07, 6.45) is 4.11. The topological polar surface area (TPSA) is 97.4 Å². The van der Waals surface area contributed by atoms with Gasteiger partial charge in [0, 0.05) is 31.8 Å². The molecule has 1 aromatic carbocycles. The van der Waals surface area contributed by atoms with Gasteiger partial charge in [-0.15, -0.1) is 0 Å². The first-order valence-corrected chi connectivity index (χ1v) is 10.9. The van der Waals surface area contributed by atoms with Crippen molar-refractivity contribution in [3.8, 4) is 5.88 Å². The Hall–Kier alpha value is -2.16. The zero-order valence-electron chi connectivity index (χ0n) is 15.2. The van der Waals surface area contributed by atoms with E-state index in [2.05, 4.69) is 15.0 Å². The van der Waals surface area contributed by atoms with Crippen molar-refractivity contribution < 1.29 is 17.9 Å². The zero-order valence-corrected chi connectivity index (χ0v) is 16.8. The number of pyridine rings is 1. The molecule has 2 N–H and O–H groups in total. The maximum atomic E-state index is 12.2. The first-order valence-electron chi connectivity index (χ1n) is 9.02. The molecule has 28 heavy (non-hydrogen) atoms. The van der Waals surface area contributed by atoms with Gasteiger partial charge in [-0.25, -0.2) is 18.1 Å². The molecule has 0 unspecified atom stereocenters. The number of benzene rings is 1. The second-order valence-electron chi connectivity index (χ2n) is 6.61. The summed E-state index contributed by atoms with van der Waals surface area (Å²) in [7, 11) is -3.75. The largest absolute Gasteiger partial charge is 0.477 e. The molecule has 9 heteroatoms. The molecule has 3 rings (SSSR count). The van der Waals surface area contributed by atoms with Crippen molar-refractivity contribution >= 4 is 27.5 Å². The standard InChI is InChI=1S/C19H22ClN3O4S/c20-16-3-1-2-4-17(16)28(25,26)23-10-9-18(24)21-11-15-7-8-19(22-12-15)27-13-14-5-6-14/h1-4,7-8,12,14,23H,5-6,9-11,13H2,(H,21,24).